The number of halogens is 1. The van der Waals surface area contributed by atoms with Crippen LogP contribution in [-0.2, 0) is 6.54 Å². The van der Waals surface area contributed by atoms with Crippen molar-refractivity contribution < 1.29 is 0 Å². The van der Waals surface area contributed by atoms with Gasteiger partial charge in [-0.2, -0.15) is 5.10 Å². The number of alkyl halides is 1. The molecule has 0 saturated carbocycles. The third-order valence-electron chi connectivity index (χ3n) is 1.74. The minimum atomic E-state index is 0.690. The summed E-state index contributed by atoms with van der Waals surface area (Å²) in [5, 5.41) is 4.11. The van der Waals surface area contributed by atoms with Gasteiger partial charge in [-0.25, -0.2) is 0 Å². The average molecular weight is 188 g/mol. The Morgan fingerprint density at radius 2 is 2.33 bits per heavy atom. The molecule has 0 spiro atoms. The molecule has 0 saturated heterocycles. The van der Waals surface area contributed by atoms with E-state index in [1.807, 2.05) is 16.9 Å². The fourth-order valence-electron chi connectivity index (χ4n) is 0.962. The first-order valence-corrected chi connectivity index (χ1v) is 4.58. The quantitative estimate of drug-likeness (QED) is 0.643. The normalized spacial score (nSPS) is 10.9. The third-order valence-corrected chi connectivity index (χ3v) is 1.91. The van der Waals surface area contributed by atoms with E-state index in [0.717, 1.165) is 19.6 Å². The van der Waals surface area contributed by atoms with Crippen molar-refractivity contribution >= 4 is 11.6 Å². The van der Waals surface area contributed by atoms with Crippen LogP contribution in [0.5, 0.6) is 0 Å². The summed E-state index contributed by atoms with van der Waals surface area (Å²) >= 11 is 5.59. The molecule has 0 aliphatic heterocycles. The van der Waals surface area contributed by atoms with Crippen LogP contribution in [0.25, 0.3) is 0 Å². The van der Waals surface area contributed by atoms with Crippen LogP contribution in [0.1, 0.15) is 0 Å². The molecule has 68 valence electrons. The third kappa shape index (κ3) is 3.24. The first kappa shape index (κ1) is 9.55. The van der Waals surface area contributed by atoms with Crippen molar-refractivity contribution in [2.45, 2.75) is 6.54 Å². The summed E-state index contributed by atoms with van der Waals surface area (Å²) in [5.41, 5.74) is 0. The van der Waals surface area contributed by atoms with Gasteiger partial charge in [-0.15, -0.1) is 11.6 Å². The Bertz CT molecular complexity index is 198. The lowest BCUT2D eigenvalue weighted by atomic mass is 10.5. The van der Waals surface area contributed by atoms with Crippen LogP contribution in [0.2, 0.25) is 0 Å². The van der Waals surface area contributed by atoms with Gasteiger partial charge in [0.25, 0.3) is 0 Å². The molecule has 0 radical (unpaired) electrons. The number of likely N-dealkylation sites (N-methyl/N-ethyl adjacent to an activating group) is 1. The van der Waals surface area contributed by atoms with Crippen LogP contribution >= 0.6 is 11.6 Å². The Balaban J connectivity index is 2.17. The van der Waals surface area contributed by atoms with Gasteiger partial charge in [-0.3, -0.25) is 4.68 Å². The molecule has 1 rings (SSSR count). The first-order valence-electron chi connectivity index (χ1n) is 4.05. The van der Waals surface area contributed by atoms with Crippen molar-refractivity contribution in [1.82, 2.24) is 14.7 Å². The van der Waals surface area contributed by atoms with E-state index in [1.165, 1.54) is 0 Å². The molecular weight excluding hydrogens is 174 g/mol. The molecule has 1 aromatic heterocycles. The highest BCUT2D eigenvalue weighted by Gasteiger charge is 1.96. The second-order valence-electron chi connectivity index (χ2n) is 2.76. The van der Waals surface area contributed by atoms with Crippen LogP contribution in [0.4, 0.5) is 0 Å². The summed E-state index contributed by atoms with van der Waals surface area (Å²) in [5.74, 6) is 0.690. The molecule has 0 atom stereocenters. The number of nitrogens with zero attached hydrogens (tertiary/aromatic N) is 3. The molecular formula is C8H14ClN3. The highest BCUT2D eigenvalue weighted by atomic mass is 35.5. The van der Waals surface area contributed by atoms with Gasteiger partial charge >= 0.3 is 0 Å². The van der Waals surface area contributed by atoms with Crippen molar-refractivity contribution in [1.29, 1.82) is 0 Å². The number of aromatic nitrogens is 2. The van der Waals surface area contributed by atoms with Crippen LogP contribution in [-0.4, -0.2) is 40.7 Å². The predicted molar refractivity (Wildman–Crippen MR) is 50.4 cm³/mol. The largest absolute Gasteiger partial charge is 0.303 e. The predicted octanol–water partition coefficient (Wildman–Crippen LogP) is 1.05. The number of rotatable bonds is 5. The molecule has 0 amide bonds. The minimum Gasteiger partial charge on any atom is -0.303 e. The Morgan fingerprint density at radius 3 is 2.92 bits per heavy atom. The van der Waals surface area contributed by atoms with Crippen molar-refractivity contribution in [3.8, 4) is 0 Å². The molecule has 1 heterocycles. The fraction of sp³-hybridized carbons (Fsp3) is 0.625. The summed E-state index contributed by atoms with van der Waals surface area (Å²) in [4.78, 5) is 2.19. The fourth-order valence-corrected chi connectivity index (χ4v) is 1.25. The van der Waals surface area contributed by atoms with E-state index in [-0.39, 0.29) is 0 Å². The van der Waals surface area contributed by atoms with E-state index >= 15 is 0 Å². The molecule has 0 bridgehead atoms. The van der Waals surface area contributed by atoms with E-state index < -0.39 is 0 Å². The van der Waals surface area contributed by atoms with Crippen molar-refractivity contribution in [3.05, 3.63) is 18.5 Å². The summed E-state index contributed by atoms with van der Waals surface area (Å²) in [6, 6.07) is 1.93. The van der Waals surface area contributed by atoms with Gasteiger partial charge in [-0.05, 0) is 13.1 Å². The Kier molecular flexibility index (Phi) is 4.11. The van der Waals surface area contributed by atoms with Gasteiger partial charge in [-0.1, -0.05) is 0 Å². The summed E-state index contributed by atoms with van der Waals surface area (Å²) in [6.07, 6.45) is 3.76. The summed E-state index contributed by atoms with van der Waals surface area (Å²) < 4.78 is 1.92. The number of hydrogen-bond acceptors (Lipinski definition) is 2. The molecule has 12 heavy (non-hydrogen) atoms. The molecule has 0 aliphatic carbocycles. The lowest BCUT2D eigenvalue weighted by Crippen LogP contribution is -2.25. The lowest BCUT2D eigenvalue weighted by molar-refractivity contribution is 0.329. The molecule has 4 heteroatoms. The second kappa shape index (κ2) is 5.17. The van der Waals surface area contributed by atoms with Crippen LogP contribution < -0.4 is 0 Å². The first-order chi connectivity index (χ1) is 5.83. The minimum absolute atomic E-state index is 0.690. The Hall–Kier alpha value is -0.540. The van der Waals surface area contributed by atoms with Gasteiger partial charge in [0.2, 0.25) is 0 Å². The molecule has 1 aromatic rings. The molecule has 0 N–H and O–H groups in total. The maximum atomic E-state index is 5.59. The van der Waals surface area contributed by atoms with Crippen molar-refractivity contribution in [2.75, 3.05) is 26.0 Å². The van der Waals surface area contributed by atoms with E-state index in [0.29, 0.717) is 5.88 Å². The van der Waals surface area contributed by atoms with Crippen LogP contribution in [0.3, 0.4) is 0 Å². The van der Waals surface area contributed by atoms with Gasteiger partial charge < -0.3 is 4.90 Å². The second-order valence-corrected chi connectivity index (χ2v) is 3.14. The Morgan fingerprint density at radius 1 is 1.50 bits per heavy atom. The number of hydrogen-bond donors (Lipinski definition) is 0. The van der Waals surface area contributed by atoms with E-state index in [9.17, 15) is 0 Å². The molecule has 3 nitrogen and oxygen atoms in total. The molecule has 0 aliphatic rings. The zero-order valence-corrected chi connectivity index (χ0v) is 8.04. The van der Waals surface area contributed by atoms with Gasteiger partial charge in [0, 0.05) is 31.4 Å². The molecule has 0 aromatic carbocycles. The van der Waals surface area contributed by atoms with E-state index in [2.05, 4.69) is 17.0 Å². The highest BCUT2D eigenvalue weighted by molar-refractivity contribution is 6.18. The monoisotopic (exact) mass is 187 g/mol. The topological polar surface area (TPSA) is 21.1 Å². The average Bonchev–Trinajstić information content (AvgIpc) is 2.53. The smallest absolute Gasteiger partial charge is 0.0536 e. The van der Waals surface area contributed by atoms with Crippen molar-refractivity contribution in [2.24, 2.45) is 0 Å². The van der Waals surface area contributed by atoms with Gasteiger partial charge in [0.1, 0.15) is 0 Å². The van der Waals surface area contributed by atoms with Crippen molar-refractivity contribution in [3.63, 3.8) is 0 Å². The van der Waals surface area contributed by atoms with Gasteiger partial charge in [0.15, 0.2) is 0 Å². The summed E-state index contributed by atoms with van der Waals surface area (Å²) in [6.45, 7) is 2.86. The highest BCUT2D eigenvalue weighted by Crippen LogP contribution is 1.88. The zero-order valence-electron chi connectivity index (χ0n) is 7.28. The SMILES string of the molecule is CN(CCCl)CCn1cccn1. The summed E-state index contributed by atoms with van der Waals surface area (Å²) in [7, 11) is 2.06. The van der Waals surface area contributed by atoms with E-state index in [1.54, 1.807) is 6.20 Å². The molecule has 0 unspecified atom stereocenters. The molecule has 0 fully saturated rings. The van der Waals surface area contributed by atoms with Crippen LogP contribution in [0, 0.1) is 0 Å². The maximum Gasteiger partial charge on any atom is 0.0536 e. The Labute approximate surface area is 77.9 Å². The zero-order chi connectivity index (χ0) is 8.81. The lowest BCUT2D eigenvalue weighted by Gasteiger charge is -2.14. The van der Waals surface area contributed by atoms with Crippen LogP contribution in [0.15, 0.2) is 18.5 Å². The van der Waals surface area contributed by atoms with E-state index in [4.69, 9.17) is 11.6 Å². The standard InChI is InChI=1S/C8H14ClN3/c1-11(6-3-9)7-8-12-5-2-4-10-12/h2,4-5H,3,6-8H2,1H3. The maximum absolute atomic E-state index is 5.59. The van der Waals surface area contributed by atoms with Gasteiger partial charge in [0.05, 0.1) is 6.54 Å².